The summed E-state index contributed by atoms with van der Waals surface area (Å²) in [6, 6.07) is 0. The molecule has 0 spiro atoms. The van der Waals surface area contributed by atoms with Crippen molar-refractivity contribution in [3.8, 4) is 0 Å². The molecule has 2 aliphatic rings. The molecule has 0 amide bonds. The number of ether oxygens (including phenoxy) is 1. The zero-order chi connectivity index (χ0) is 19.0. The van der Waals surface area contributed by atoms with Crippen molar-refractivity contribution in [1.29, 1.82) is 0 Å². The molecule has 0 bridgehead atoms. The standard InChI is InChI=1S/C16H23ClN6O3S/c1-27-7-9-11(24)12(25)15(26-9)23-8-18-10-13(19-16(17)20-14(10)23)21-22-5-3-2-4-6-22/h8-9,11-12,15,24-25H,2-7H2,1H3,(H,19,20,21)/t9-,11-,12-,15-/m1/s1. The SMILES string of the molecule is CSC[C@H]1O[C@@H](n2cnc3c(NN4CCCCC4)nc(Cl)nc32)[C@H](O)[C@@H]1O. The van der Waals surface area contributed by atoms with E-state index >= 15 is 0 Å². The predicted octanol–water partition coefficient (Wildman–Crippen LogP) is 1.27. The van der Waals surface area contributed by atoms with E-state index in [1.165, 1.54) is 6.42 Å². The molecule has 2 aromatic rings. The highest BCUT2D eigenvalue weighted by atomic mass is 35.5. The highest BCUT2D eigenvalue weighted by molar-refractivity contribution is 7.98. The first kappa shape index (κ1) is 19.2. The van der Waals surface area contributed by atoms with Crippen molar-refractivity contribution in [2.75, 3.05) is 30.5 Å². The fourth-order valence-electron chi connectivity index (χ4n) is 3.57. The summed E-state index contributed by atoms with van der Waals surface area (Å²) >= 11 is 7.69. The van der Waals surface area contributed by atoms with Gasteiger partial charge in [0, 0.05) is 18.8 Å². The van der Waals surface area contributed by atoms with E-state index in [-0.39, 0.29) is 5.28 Å². The van der Waals surface area contributed by atoms with Crippen molar-refractivity contribution in [1.82, 2.24) is 24.5 Å². The van der Waals surface area contributed by atoms with E-state index in [1.807, 2.05) is 6.26 Å². The Morgan fingerprint density at radius 3 is 2.78 bits per heavy atom. The maximum absolute atomic E-state index is 10.5. The summed E-state index contributed by atoms with van der Waals surface area (Å²) in [5.41, 5.74) is 4.28. The second-order valence-electron chi connectivity index (χ2n) is 6.83. The smallest absolute Gasteiger partial charge is 0.226 e. The van der Waals surface area contributed by atoms with Crippen LogP contribution >= 0.6 is 23.4 Å². The summed E-state index contributed by atoms with van der Waals surface area (Å²) in [4.78, 5) is 13.0. The molecule has 0 aliphatic carbocycles. The number of hydrogen-bond donors (Lipinski definition) is 3. The molecule has 9 nitrogen and oxygen atoms in total. The number of aliphatic hydroxyl groups excluding tert-OH is 2. The van der Waals surface area contributed by atoms with Crippen molar-refractivity contribution in [2.45, 2.75) is 43.8 Å². The molecule has 3 N–H and O–H groups in total. The van der Waals surface area contributed by atoms with Crippen molar-refractivity contribution in [3.63, 3.8) is 0 Å². The van der Waals surface area contributed by atoms with E-state index in [0.29, 0.717) is 22.7 Å². The first-order valence-corrected chi connectivity index (χ1v) is 10.8. The molecule has 2 fully saturated rings. The van der Waals surface area contributed by atoms with Gasteiger partial charge in [0.25, 0.3) is 0 Å². The molecule has 4 atom stereocenters. The van der Waals surface area contributed by atoms with Crippen LogP contribution in [0.25, 0.3) is 11.2 Å². The Bertz CT molecular complexity index is 802. The third-order valence-electron chi connectivity index (χ3n) is 4.96. The van der Waals surface area contributed by atoms with Crippen LogP contribution in [0.4, 0.5) is 5.82 Å². The number of rotatable bonds is 5. The summed E-state index contributed by atoms with van der Waals surface area (Å²) in [6.45, 7) is 1.85. The Labute approximate surface area is 166 Å². The van der Waals surface area contributed by atoms with Gasteiger partial charge in [0.2, 0.25) is 5.28 Å². The van der Waals surface area contributed by atoms with E-state index in [9.17, 15) is 10.2 Å². The average Bonchev–Trinajstić information content (AvgIpc) is 3.19. The van der Waals surface area contributed by atoms with Crippen LogP contribution in [0, 0.1) is 0 Å². The predicted molar refractivity (Wildman–Crippen MR) is 104 cm³/mol. The van der Waals surface area contributed by atoms with Crippen LogP contribution in [-0.4, -0.2) is 78.2 Å². The van der Waals surface area contributed by atoms with Crippen LogP contribution < -0.4 is 5.43 Å². The number of fused-ring (bicyclic) bond motifs is 1. The molecule has 0 saturated carbocycles. The van der Waals surface area contributed by atoms with Crippen molar-refractivity contribution < 1.29 is 14.9 Å². The summed E-state index contributed by atoms with van der Waals surface area (Å²) in [6.07, 6.45) is 3.66. The summed E-state index contributed by atoms with van der Waals surface area (Å²) in [5.74, 6) is 1.11. The first-order chi connectivity index (χ1) is 13.1. The minimum absolute atomic E-state index is 0.0810. The number of nitrogens with one attached hydrogen (secondary N) is 1. The average molecular weight is 415 g/mol. The van der Waals surface area contributed by atoms with Gasteiger partial charge in [-0.1, -0.05) is 6.42 Å². The zero-order valence-electron chi connectivity index (χ0n) is 15.0. The van der Waals surface area contributed by atoms with E-state index < -0.39 is 24.5 Å². The lowest BCUT2D eigenvalue weighted by Gasteiger charge is -2.27. The second kappa shape index (κ2) is 8.06. The summed E-state index contributed by atoms with van der Waals surface area (Å²) in [5, 5.41) is 22.9. The fraction of sp³-hybridized carbons (Fsp3) is 0.688. The van der Waals surface area contributed by atoms with Gasteiger partial charge in [-0.2, -0.15) is 21.7 Å². The Hall–Kier alpha value is -1.17. The number of aromatic nitrogens is 4. The van der Waals surface area contributed by atoms with E-state index in [0.717, 1.165) is 25.9 Å². The molecule has 11 heteroatoms. The van der Waals surface area contributed by atoms with Crippen molar-refractivity contribution in [2.24, 2.45) is 0 Å². The molecule has 4 heterocycles. The van der Waals surface area contributed by atoms with Gasteiger partial charge in [-0.05, 0) is 30.7 Å². The number of nitrogens with zero attached hydrogens (tertiary/aromatic N) is 5. The Morgan fingerprint density at radius 1 is 1.26 bits per heavy atom. The van der Waals surface area contributed by atoms with Gasteiger partial charge < -0.3 is 20.4 Å². The van der Waals surface area contributed by atoms with Gasteiger partial charge >= 0.3 is 0 Å². The summed E-state index contributed by atoms with van der Waals surface area (Å²) in [7, 11) is 0. The van der Waals surface area contributed by atoms with Gasteiger partial charge in [-0.3, -0.25) is 4.57 Å². The molecule has 4 rings (SSSR count). The van der Waals surface area contributed by atoms with Crippen LogP contribution in [0.5, 0.6) is 0 Å². The Kier molecular flexibility index (Phi) is 5.72. The third kappa shape index (κ3) is 3.74. The molecule has 0 radical (unpaired) electrons. The quantitative estimate of drug-likeness (QED) is 0.623. The molecule has 0 aromatic carbocycles. The largest absolute Gasteiger partial charge is 0.387 e. The zero-order valence-corrected chi connectivity index (χ0v) is 16.5. The van der Waals surface area contributed by atoms with Crippen LogP contribution in [-0.2, 0) is 4.74 Å². The van der Waals surface area contributed by atoms with Crippen molar-refractivity contribution in [3.05, 3.63) is 11.6 Å². The normalized spacial score (nSPS) is 29.5. The molecular formula is C16H23ClN6O3S. The number of anilines is 1. The number of imidazole rings is 1. The van der Waals surface area contributed by atoms with E-state index in [1.54, 1.807) is 22.7 Å². The van der Waals surface area contributed by atoms with Gasteiger partial charge in [-0.25, -0.2) is 9.99 Å². The molecule has 2 saturated heterocycles. The highest BCUT2D eigenvalue weighted by Gasteiger charge is 2.44. The lowest BCUT2D eigenvalue weighted by Crippen LogP contribution is -2.35. The number of hydrogen-bond acceptors (Lipinski definition) is 9. The number of piperidine rings is 1. The first-order valence-electron chi connectivity index (χ1n) is 9.00. The molecule has 27 heavy (non-hydrogen) atoms. The lowest BCUT2D eigenvalue weighted by atomic mass is 10.1. The third-order valence-corrected chi connectivity index (χ3v) is 5.79. The van der Waals surface area contributed by atoms with Crippen LogP contribution in [0.15, 0.2) is 6.33 Å². The minimum Gasteiger partial charge on any atom is -0.387 e. The van der Waals surface area contributed by atoms with Gasteiger partial charge in [-0.15, -0.1) is 0 Å². The highest BCUT2D eigenvalue weighted by Crippen LogP contribution is 2.34. The monoisotopic (exact) mass is 414 g/mol. The van der Waals surface area contributed by atoms with Crippen LogP contribution in [0.2, 0.25) is 5.28 Å². The van der Waals surface area contributed by atoms with Gasteiger partial charge in [0.05, 0.1) is 12.4 Å². The molecule has 148 valence electrons. The number of thioether (sulfide) groups is 1. The second-order valence-corrected chi connectivity index (χ2v) is 8.08. The molecular weight excluding hydrogens is 392 g/mol. The molecule has 2 aliphatic heterocycles. The Balaban J connectivity index is 1.65. The van der Waals surface area contributed by atoms with Crippen LogP contribution in [0.3, 0.4) is 0 Å². The number of halogens is 1. The summed E-state index contributed by atoms with van der Waals surface area (Å²) < 4.78 is 7.49. The fourth-order valence-corrected chi connectivity index (χ4v) is 4.34. The van der Waals surface area contributed by atoms with Crippen molar-refractivity contribution >= 4 is 40.3 Å². The minimum atomic E-state index is -1.08. The van der Waals surface area contributed by atoms with E-state index in [2.05, 4.69) is 25.4 Å². The molecule has 2 aromatic heterocycles. The van der Waals surface area contributed by atoms with Gasteiger partial charge in [0.15, 0.2) is 23.2 Å². The topological polar surface area (TPSA) is 109 Å². The maximum atomic E-state index is 10.5. The Morgan fingerprint density at radius 2 is 2.04 bits per heavy atom. The maximum Gasteiger partial charge on any atom is 0.226 e. The molecule has 0 unspecified atom stereocenters. The number of hydrazine groups is 1. The number of aliphatic hydroxyl groups is 2. The van der Waals surface area contributed by atoms with Gasteiger partial charge in [0.1, 0.15) is 12.2 Å². The van der Waals surface area contributed by atoms with E-state index in [4.69, 9.17) is 16.3 Å². The lowest BCUT2D eigenvalue weighted by molar-refractivity contribution is -0.0288. The van der Waals surface area contributed by atoms with Crippen LogP contribution in [0.1, 0.15) is 25.5 Å².